The number of fused-ring (bicyclic) bond motifs is 1. The summed E-state index contributed by atoms with van der Waals surface area (Å²) in [6.45, 7) is 4.69. The van der Waals surface area contributed by atoms with Gasteiger partial charge >= 0.3 is 0 Å². The number of ether oxygens (including phenoxy) is 1. The molecule has 122 valence electrons. The Bertz CT molecular complexity index is 535. The molecule has 3 rings (SSSR count). The number of amides is 1. The van der Waals surface area contributed by atoms with Crippen LogP contribution in [0.2, 0.25) is 0 Å². The van der Waals surface area contributed by atoms with Gasteiger partial charge in [-0.05, 0) is 56.0 Å². The van der Waals surface area contributed by atoms with Gasteiger partial charge in [0.1, 0.15) is 5.75 Å². The zero-order valence-electron chi connectivity index (χ0n) is 13.3. The number of hydrogen-bond acceptors (Lipinski definition) is 3. The molecule has 22 heavy (non-hydrogen) atoms. The number of piperidine rings is 1. The summed E-state index contributed by atoms with van der Waals surface area (Å²) in [5.74, 6) is 1.39. The highest BCUT2D eigenvalue weighted by Crippen LogP contribution is 2.26. The summed E-state index contributed by atoms with van der Waals surface area (Å²) < 4.78 is 5.29. The molecule has 5 heteroatoms. The van der Waals surface area contributed by atoms with Crippen molar-refractivity contribution in [3.63, 3.8) is 0 Å². The van der Waals surface area contributed by atoms with Crippen LogP contribution in [0.4, 0.5) is 0 Å². The molecule has 1 saturated heterocycles. The molecule has 4 nitrogen and oxygen atoms in total. The standard InChI is InChI=1S/C17H24N2O2.ClH/c1-12-9-14(5-7-18-12)17(20)19-8-6-13-3-4-16(21-2)10-15(13)11-19;/h3-4,10,12,14,18H,5-9,11H2,1-2H3;1H/t12-,14-;/m0./s1. The van der Waals surface area contributed by atoms with E-state index in [1.54, 1.807) is 7.11 Å². The fourth-order valence-electron chi connectivity index (χ4n) is 3.46. The first-order valence-corrected chi connectivity index (χ1v) is 7.85. The number of benzene rings is 1. The van der Waals surface area contributed by atoms with Gasteiger partial charge in [0.05, 0.1) is 7.11 Å². The van der Waals surface area contributed by atoms with Crippen LogP contribution < -0.4 is 10.1 Å². The quantitative estimate of drug-likeness (QED) is 0.908. The topological polar surface area (TPSA) is 41.6 Å². The molecule has 1 aromatic carbocycles. The number of halogens is 1. The second-order valence-corrected chi connectivity index (χ2v) is 6.22. The first kappa shape index (κ1) is 17.1. The second kappa shape index (κ2) is 7.34. The normalized spacial score (nSPS) is 24.2. The fraction of sp³-hybridized carbons (Fsp3) is 0.588. The van der Waals surface area contributed by atoms with Gasteiger partial charge in [-0.15, -0.1) is 12.4 Å². The molecule has 2 aliphatic rings. The number of nitrogens with zero attached hydrogens (tertiary/aromatic N) is 1. The summed E-state index contributed by atoms with van der Waals surface area (Å²) in [6, 6.07) is 6.65. The maximum absolute atomic E-state index is 12.7. The van der Waals surface area contributed by atoms with Crippen LogP contribution >= 0.6 is 12.4 Å². The van der Waals surface area contributed by atoms with Crippen LogP contribution in [0, 0.1) is 5.92 Å². The molecule has 0 spiro atoms. The van der Waals surface area contributed by atoms with Gasteiger partial charge in [0.15, 0.2) is 0 Å². The van der Waals surface area contributed by atoms with Crippen molar-refractivity contribution in [2.24, 2.45) is 5.92 Å². The number of nitrogens with one attached hydrogen (secondary N) is 1. The predicted molar refractivity (Wildman–Crippen MR) is 89.6 cm³/mol. The Morgan fingerprint density at radius 2 is 2.18 bits per heavy atom. The Kier molecular flexibility index (Phi) is 5.70. The number of carbonyl (C=O) groups excluding carboxylic acids is 1. The third-order valence-corrected chi connectivity index (χ3v) is 4.71. The van der Waals surface area contributed by atoms with Gasteiger partial charge in [-0.25, -0.2) is 0 Å². The molecule has 0 radical (unpaired) electrons. The summed E-state index contributed by atoms with van der Waals surface area (Å²) in [4.78, 5) is 14.8. The van der Waals surface area contributed by atoms with Crippen LogP contribution in [0.3, 0.4) is 0 Å². The van der Waals surface area contributed by atoms with Gasteiger partial charge in [-0.3, -0.25) is 4.79 Å². The van der Waals surface area contributed by atoms with Gasteiger partial charge in [-0.2, -0.15) is 0 Å². The Morgan fingerprint density at radius 3 is 2.91 bits per heavy atom. The van der Waals surface area contributed by atoms with Crippen molar-refractivity contribution in [2.45, 2.75) is 38.8 Å². The Morgan fingerprint density at radius 1 is 1.36 bits per heavy atom. The molecule has 1 aromatic rings. The van der Waals surface area contributed by atoms with Gasteiger partial charge in [0.2, 0.25) is 5.91 Å². The average Bonchev–Trinajstić information content (AvgIpc) is 2.53. The molecule has 0 saturated carbocycles. The first-order valence-electron chi connectivity index (χ1n) is 7.85. The number of methoxy groups -OCH3 is 1. The van der Waals surface area contributed by atoms with Crippen LogP contribution in [0.1, 0.15) is 30.9 Å². The van der Waals surface area contributed by atoms with E-state index in [1.807, 2.05) is 11.0 Å². The van der Waals surface area contributed by atoms with E-state index in [0.717, 1.165) is 44.6 Å². The molecule has 0 bridgehead atoms. The number of rotatable bonds is 2. The van der Waals surface area contributed by atoms with Crippen molar-refractivity contribution in [1.82, 2.24) is 10.2 Å². The maximum Gasteiger partial charge on any atom is 0.226 e. The van der Waals surface area contributed by atoms with Crippen molar-refractivity contribution in [3.05, 3.63) is 29.3 Å². The van der Waals surface area contributed by atoms with E-state index < -0.39 is 0 Å². The third kappa shape index (κ3) is 3.55. The minimum Gasteiger partial charge on any atom is -0.497 e. The van der Waals surface area contributed by atoms with Gasteiger partial charge in [0, 0.05) is 25.0 Å². The molecule has 2 aliphatic heterocycles. The zero-order chi connectivity index (χ0) is 14.8. The van der Waals surface area contributed by atoms with Gasteiger partial charge in [0.25, 0.3) is 0 Å². The lowest BCUT2D eigenvalue weighted by Crippen LogP contribution is -2.45. The molecular weight excluding hydrogens is 300 g/mol. The monoisotopic (exact) mass is 324 g/mol. The molecule has 0 aromatic heterocycles. The first-order chi connectivity index (χ1) is 10.2. The summed E-state index contributed by atoms with van der Waals surface area (Å²) in [6.07, 6.45) is 2.87. The summed E-state index contributed by atoms with van der Waals surface area (Å²) in [5.41, 5.74) is 2.58. The van der Waals surface area contributed by atoms with Gasteiger partial charge in [-0.1, -0.05) is 6.07 Å². The molecule has 1 fully saturated rings. The van der Waals surface area contributed by atoms with Crippen LogP contribution in [0.25, 0.3) is 0 Å². The zero-order valence-corrected chi connectivity index (χ0v) is 14.1. The SMILES string of the molecule is COc1ccc2c(c1)CN(C(=O)[C@H]1CCN[C@@H](C)C1)CC2.Cl. The third-order valence-electron chi connectivity index (χ3n) is 4.71. The lowest BCUT2D eigenvalue weighted by molar-refractivity contribution is -0.137. The summed E-state index contributed by atoms with van der Waals surface area (Å²) >= 11 is 0. The summed E-state index contributed by atoms with van der Waals surface area (Å²) in [5, 5.41) is 3.41. The highest BCUT2D eigenvalue weighted by molar-refractivity contribution is 5.85. The largest absolute Gasteiger partial charge is 0.497 e. The minimum atomic E-state index is 0. The Hall–Kier alpha value is -1.26. The van der Waals surface area contributed by atoms with Crippen molar-refractivity contribution >= 4 is 18.3 Å². The lowest BCUT2D eigenvalue weighted by Gasteiger charge is -2.35. The highest BCUT2D eigenvalue weighted by Gasteiger charge is 2.30. The van der Waals surface area contributed by atoms with E-state index in [-0.39, 0.29) is 18.3 Å². The molecule has 2 heterocycles. The van der Waals surface area contributed by atoms with Crippen LogP contribution in [-0.4, -0.2) is 37.0 Å². The van der Waals surface area contributed by atoms with E-state index in [1.165, 1.54) is 11.1 Å². The molecule has 0 unspecified atom stereocenters. The van der Waals surface area contributed by atoms with Crippen molar-refractivity contribution in [3.8, 4) is 5.75 Å². The number of carbonyl (C=O) groups is 1. The molecular formula is C17H25ClN2O2. The van der Waals surface area contributed by atoms with Crippen LogP contribution in [0.5, 0.6) is 5.75 Å². The lowest BCUT2D eigenvalue weighted by atomic mass is 9.90. The average molecular weight is 325 g/mol. The predicted octanol–water partition coefficient (Wildman–Crippen LogP) is 2.39. The molecule has 0 aliphatic carbocycles. The Balaban J connectivity index is 0.00000176. The van der Waals surface area contributed by atoms with Crippen molar-refractivity contribution < 1.29 is 9.53 Å². The Labute approximate surface area is 138 Å². The van der Waals surface area contributed by atoms with Crippen LogP contribution in [0.15, 0.2) is 18.2 Å². The molecule has 2 atom stereocenters. The summed E-state index contributed by atoms with van der Waals surface area (Å²) in [7, 11) is 1.68. The van der Waals surface area contributed by atoms with Gasteiger partial charge < -0.3 is 15.0 Å². The van der Waals surface area contributed by atoms with E-state index in [4.69, 9.17) is 4.74 Å². The van der Waals surface area contributed by atoms with E-state index in [9.17, 15) is 4.79 Å². The minimum absolute atomic E-state index is 0. The van der Waals surface area contributed by atoms with E-state index in [2.05, 4.69) is 24.4 Å². The second-order valence-electron chi connectivity index (χ2n) is 6.22. The molecule has 1 N–H and O–H groups in total. The van der Waals surface area contributed by atoms with Crippen molar-refractivity contribution in [2.75, 3.05) is 20.2 Å². The number of hydrogen-bond donors (Lipinski definition) is 1. The van der Waals surface area contributed by atoms with Crippen LogP contribution in [-0.2, 0) is 17.8 Å². The highest BCUT2D eigenvalue weighted by atomic mass is 35.5. The fourth-order valence-corrected chi connectivity index (χ4v) is 3.46. The molecule has 1 amide bonds. The van der Waals surface area contributed by atoms with Crippen molar-refractivity contribution in [1.29, 1.82) is 0 Å². The smallest absolute Gasteiger partial charge is 0.226 e. The maximum atomic E-state index is 12.7. The van der Waals surface area contributed by atoms with E-state index in [0.29, 0.717) is 11.9 Å². The van der Waals surface area contributed by atoms with E-state index >= 15 is 0 Å².